The summed E-state index contributed by atoms with van der Waals surface area (Å²) in [6, 6.07) is 6.32. The minimum atomic E-state index is -0.688. The minimum absolute atomic E-state index is 0.0908. The molecule has 0 bridgehead atoms. The molecule has 0 aliphatic carbocycles. The van der Waals surface area contributed by atoms with Gasteiger partial charge in [-0.2, -0.15) is 11.8 Å². The molecule has 1 atom stereocenters. The lowest BCUT2D eigenvalue weighted by Gasteiger charge is -2.19. The molecule has 132 valence electrons. The third-order valence-corrected chi connectivity index (χ3v) is 4.60. The molecule has 0 fully saturated rings. The molecule has 6 nitrogen and oxygen atoms in total. The summed E-state index contributed by atoms with van der Waals surface area (Å²) < 4.78 is 0.661. The van der Waals surface area contributed by atoms with Crippen LogP contribution < -0.4 is 10.6 Å². The van der Waals surface area contributed by atoms with Crippen molar-refractivity contribution in [3.8, 4) is 0 Å². The third kappa shape index (κ3) is 6.52. The summed E-state index contributed by atoms with van der Waals surface area (Å²) in [5, 5.41) is 5.32. The summed E-state index contributed by atoms with van der Waals surface area (Å²) in [6.07, 6.45) is 2.42. The van der Waals surface area contributed by atoms with E-state index in [9.17, 15) is 14.4 Å². The molecule has 24 heavy (non-hydrogen) atoms. The van der Waals surface area contributed by atoms with Crippen LogP contribution in [0.2, 0.25) is 0 Å². The standard InChI is InChI=1S/C16H22BrN3O3S/c1-20(2)14(21)10-18-16(23)13(8-9-24-3)19-15(22)11-6-4-5-7-12(11)17/h4-7,13H,8-10H2,1-3H3,(H,18,23)(H,19,22)/t13-/m1/s1. The molecule has 0 unspecified atom stereocenters. The highest BCUT2D eigenvalue weighted by molar-refractivity contribution is 9.10. The number of likely N-dealkylation sites (N-methyl/N-ethyl adjacent to an activating group) is 1. The molecule has 0 radical (unpaired) electrons. The number of nitrogens with one attached hydrogen (secondary N) is 2. The van der Waals surface area contributed by atoms with Crippen LogP contribution in [-0.4, -0.2) is 61.3 Å². The number of carbonyl (C=O) groups excluding carboxylic acids is 3. The molecule has 1 rings (SSSR count). The summed E-state index contributed by atoms with van der Waals surface area (Å²) in [7, 11) is 3.24. The van der Waals surface area contributed by atoms with Crippen LogP contribution in [0.1, 0.15) is 16.8 Å². The first-order chi connectivity index (χ1) is 11.4. The Morgan fingerprint density at radius 2 is 1.92 bits per heavy atom. The van der Waals surface area contributed by atoms with Gasteiger partial charge in [0.1, 0.15) is 6.04 Å². The van der Waals surface area contributed by atoms with Crippen molar-refractivity contribution in [1.29, 1.82) is 0 Å². The van der Waals surface area contributed by atoms with E-state index < -0.39 is 6.04 Å². The van der Waals surface area contributed by atoms with Crippen LogP contribution in [0.15, 0.2) is 28.7 Å². The Hall–Kier alpha value is -1.54. The van der Waals surface area contributed by atoms with Crippen molar-refractivity contribution in [2.45, 2.75) is 12.5 Å². The van der Waals surface area contributed by atoms with Gasteiger partial charge in [0.2, 0.25) is 11.8 Å². The zero-order chi connectivity index (χ0) is 18.1. The van der Waals surface area contributed by atoms with Crippen molar-refractivity contribution in [3.63, 3.8) is 0 Å². The van der Waals surface area contributed by atoms with Gasteiger partial charge in [0.05, 0.1) is 12.1 Å². The van der Waals surface area contributed by atoms with Gasteiger partial charge in [0.15, 0.2) is 0 Å². The van der Waals surface area contributed by atoms with Crippen LogP contribution in [0.25, 0.3) is 0 Å². The number of benzene rings is 1. The van der Waals surface area contributed by atoms with Gasteiger partial charge in [-0.1, -0.05) is 12.1 Å². The summed E-state index contributed by atoms with van der Waals surface area (Å²) in [5.41, 5.74) is 0.462. The Labute approximate surface area is 154 Å². The van der Waals surface area contributed by atoms with Gasteiger partial charge < -0.3 is 15.5 Å². The number of hydrogen-bond acceptors (Lipinski definition) is 4. The van der Waals surface area contributed by atoms with Gasteiger partial charge in [-0.05, 0) is 46.5 Å². The number of hydrogen-bond donors (Lipinski definition) is 2. The predicted molar refractivity (Wildman–Crippen MR) is 100 cm³/mol. The van der Waals surface area contributed by atoms with Crippen molar-refractivity contribution >= 4 is 45.4 Å². The molecule has 8 heteroatoms. The van der Waals surface area contributed by atoms with Crippen LogP contribution in [-0.2, 0) is 9.59 Å². The van der Waals surface area contributed by atoms with Crippen LogP contribution >= 0.6 is 27.7 Å². The Morgan fingerprint density at radius 3 is 2.50 bits per heavy atom. The topological polar surface area (TPSA) is 78.5 Å². The van der Waals surface area contributed by atoms with Gasteiger partial charge in [-0.15, -0.1) is 0 Å². The Bertz CT molecular complexity index is 596. The summed E-state index contributed by atoms with van der Waals surface area (Å²) in [5.74, 6) is -0.179. The fraction of sp³-hybridized carbons (Fsp3) is 0.438. The molecule has 1 aromatic rings. The molecule has 0 aromatic heterocycles. The fourth-order valence-corrected chi connectivity index (χ4v) is 2.77. The highest BCUT2D eigenvalue weighted by atomic mass is 79.9. The predicted octanol–water partition coefficient (Wildman–Crippen LogP) is 1.50. The van der Waals surface area contributed by atoms with E-state index in [-0.39, 0.29) is 24.3 Å². The molecule has 0 heterocycles. The van der Waals surface area contributed by atoms with Crippen molar-refractivity contribution in [1.82, 2.24) is 15.5 Å². The first-order valence-electron chi connectivity index (χ1n) is 7.39. The second-order valence-corrected chi connectivity index (χ2v) is 7.13. The monoisotopic (exact) mass is 415 g/mol. The molecule has 0 saturated heterocycles. The van der Waals surface area contributed by atoms with Crippen LogP contribution in [0, 0.1) is 0 Å². The van der Waals surface area contributed by atoms with E-state index in [2.05, 4.69) is 26.6 Å². The average molecular weight is 416 g/mol. The van der Waals surface area contributed by atoms with Crippen molar-refractivity contribution in [2.24, 2.45) is 0 Å². The van der Waals surface area contributed by atoms with Gasteiger partial charge in [0, 0.05) is 18.6 Å². The fourth-order valence-electron chi connectivity index (χ4n) is 1.83. The third-order valence-electron chi connectivity index (χ3n) is 3.26. The van der Waals surface area contributed by atoms with E-state index >= 15 is 0 Å². The van der Waals surface area contributed by atoms with Crippen molar-refractivity contribution < 1.29 is 14.4 Å². The SMILES string of the molecule is CSCC[C@@H](NC(=O)c1ccccc1Br)C(=O)NCC(=O)N(C)C. The second kappa shape index (κ2) is 10.4. The maximum atomic E-state index is 12.4. The largest absolute Gasteiger partial charge is 0.347 e. The smallest absolute Gasteiger partial charge is 0.253 e. The maximum Gasteiger partial charge on any atom is 0.253 e. The van der Waals surface area contributed by atoms with E-state index in [1.807, 2.05) is 12.3 Å². The van der Waals surface area contributed by atoms with Crippen molar-refractivity contribution in [2.75, 3.05) is 32.6 Å². The lowest BCUT2D eigenvalue weighted by molar-refractivity contribution is -0.131. The molecule has 2 N–H and O–H groups in total. The molecule has 0 aliphatic rings. The normalized spacial score (nSPS) is 11.5. The van der Waals surface area contributed by atoms with Crippen LogP contribution in [0.3, 0.4) is 0 Å². The van der Waals surface area contributed by atoms with Gasteiger partial charge in [0.25, 0.3) is 5.91 Å². The lowest BCUT2D eigenvalue weighted by atomic mass is 10.1. The molecule has 3 amide bonds. The van der Waals surface area contributed by atoms with Gasteiger partial charge >= 0.3 is 0 Å². The van der Waals surface area contributed by atoms with Crippen LogP contribution in [0.5, 0.6) is 0 Å². The maximum absolute atomic E-state index is 12.4. The molecule has 0 saturated carbocycles. The number of rotatable bonds is 8. The van der Waals surface area contributed by atoms with Crippen molar-refractivity contribution in [3.05, 3.63) is 34.3 Å². The van der Waals surface area contributed by atoms with E-state index in [0.29, 0.717) is 16.5 Å². The van der Waals surface area contributed by atoms with Gasteiger partial charge in [-0.25, -0.2) is 0 Å². The molecular weight excluding hydrogens is 394 g/mol. The highest BCUT2D eigenvalue weighted by Gasteiger charge is 2.22. The lowest BCUT2D eigenvalue weighted by Crippen LogP contribution is -2.49. The number of carbonyl (C=O) groups is 3. The number of amides is 3. The van der Waals surface area contributed by atoms with E-state index in [0.717, 1.165) is 5.75 Å². The Kier molecular flexibility index (Phi) is 8.84. The molecule has 1 aromatic carbocycles. The second-order valence-electron chi connectivity index (χ2n) is 5.29. The summed E-state index contributed by atoms with van der Waals surface area (Å²) in [6.45, 7) is -0.0908. The van der Waals surface area contributed by atoms with E-state index in [1.165, 1.54) is 4.90 Å². The van der Waals surface area contributed by atoms with Gasteiger partial charge in [-0.3, -0.25) is 14.4 Å². The average Bonchev–Trinajstić information content (AvgIpc) is 2.56. The zero-order valence-electron chi connectivity index (χ0n) is 14.0. The first-order valence-corrected chi connectivity index (χ1v) is 9.57. The number of halogens is 1. The summed E-state index contributed by atoms with van der Waals surface area (Å²) >= 11 is 4.91. The number of thioether (sulfide) groups is 1. The van der Waals surface area contributed by atoms with E-state index in [1.54, 1.807) is 44.1 Å². The Morgan fingerprint density at radius 1 is 1.25 bits per heavy atom. The van der Waals surface area contributed by atoms with E-state index in [4.69, 9.17) is 0 Å². The zero-order valence-corrected chi connectivity index (χ0v) is 16.4. The molecule has 0 aliphatic heterocycles. The quantitative estimate of drug-likeness (QED) is 0.674. The van der Waals surface area contributed by atoms with Crippen LogP contribution in [0.4, 0.5) is 0 Å². The summed E-state index contributed by atoms with van der Waals surface area (Å²) in [4.78, 5) is 37.7. The number of nitrogens with zero attached hydrogens (tertiary/aromatic N) is 1. The first kappa shape index (κ1) is 20.5. The molecular formula is C16H22BrN3O3S. The Balaban J connectivity index is 2.74. The highest BCUT2D eigenvalue weighted by Crippen LogP contribution is 2.16. The molecule has 0 spiro atoms. The minimum Gasteiger partial charge on any atom is -0.347 e.